The monoisotopic (exact) mass is 404 g/mol. The molecular weight excluding hydrogens is 372 g/mol. The predicted octanol–water partition coefficient (Wildman–Crippen LogP) is 0.276. The number of aryl methyl sites for hydroxylation is 1. The minimum absolute atomic E-state index is 0.0536. The second-order valence-electron chi connectivity index (χ2n) is 8.48. The third kappa shape index (κ3) is 5.76. The van der Waals surface area contributed by atoms with Crippen molar-refractivity contribution in [2.75, 3.05) is 39.4 Å². The molecule has 2 saturated heterocycles. The van der Waals surface area contributed by atoms with Gasteiger partial charge >= 0.3 is 0 Å². The third-order valence-corrected chi connectivity index (χ3v) is 6.31. The van der Waals surface area contributed by atoms with Crippen molar-refractivity contribution < 1.29 is 14.3 Å². The number of carbonyl (C=O) groups excluding carboxylic acids is 2. The second kappa shape index (κ2) is 9.67. The molecule has 3 heterocycles. The molecule has 160 valence electrons. The molecule has 2 atom stereocenters. The van der Waals surface area contributed by atoms with E-state index in [4.69, 9.17) is 4.74 Å². The summed E-state index contributed by atoms with van der Waals surface area (Å²) in [5, 5.41) is 10.6. The topological polar surface area (TPSA) is 92.6 Å². The van der Waals surface area contributed by atoms with Crippen LogP contribution in [0.1, 0.15) is 38.5 Å². The highest BCUT2D eigenvalue weighted by atomic mass is 16.5. The molecule has 0 unspecified atom stereocenters. The minimum atomic E-state index is 0.0536. The summed E-state index contributed by atoms with van der Waals surface area (Å²) in [5.74, 6) is 1.07. The molecular formula is C20H32N6O3. The van der Waals surface area contributed by atoms with Crippen LogP contribution in [0, 0.1) is 5.92 Å². The molecule has 9 heteroatoms. The minimum Gasteiger partial charge on any atom is -0.378 e. The fraction of sp³-hybridized carbons (Fsp3) is 0.800. The van der Waals surface area contributed by atoms with E-state index in [0.29, 0.717) is 64.3 Å². The highest BCUT2D eigenvalue weighted by Gasteiger charge is 2.38. The van der Waals surface area contributed by atoms with Crippen LogP contribution in [-0.2, 0) is 20.9 Å². The molecule has 9 nitrogen and oxygen atoms in total. The van der Waals surface area contributed by atoms with Crippen LogP contribution in [0.3, 0.4) is 0 Å². The van der Waals surface area contributed by atoms with E-state index in [-0.39, 0.29) is 11.8 Å². The van der Waals surface area contributed by atoms with Gasteiger partial charge in [-0.15, -0.1) is 10.2 Å². The van der Waals surface area contributed by atoms with Gasteiger partial charge in [0.05, 0.1) is 13.2 Å². The number of carbonyl (C=O) groups is 2. The van der Waals surface area contributed by atoms with Gasteiger partial charge in [0.2, 0.25) is 11.8 Å². The predicted molar refractivity (Wildman–Crippen MR) is 106 cm³/mol. The van der Waals surface area contributed by atoms with Crippen LogP contribution in [0.2, 0.25) is 0 Å². The van der Waals surface area contributed by atoms with E-state index in [9.17, 15) is 9.59 Å². The van der Waals surface area contributed by atoms with E-state index in [2.05, 4.69) is 20.4 Å². The molecule has 1 aromatic rings. The third-order valence-electron chi connectivity index (χ3n) is 6.31. The normalized spacial score (nSPS) is 25.3. The lowest BCUT2D eigenvalue weighted by molar-refractivity contribution is -0.136. The molecule has 29 heavy (non-hydrogen) atoms. The Morgan fingerprint density at radius 2 is 1.76 bits per heavy atom. The number of nitrogens with zero attached hydrogens (tertiary/aromatic N) is 5. The summed E-state index contributed by atoms with van der Waals surface area (Å²) in [6.45, 7) is 5.02. The molecule has 0 radical (unpaired) electrons. The Labute approximate surface area is 171 Å². The zero-order chi connectivity index (χ0) is 20.1. The zero-order valence-electron chi connectivity index (χ0n) is 17.0. The van der Waals surface area contributed by atoms with E-state index < -0.39 is 0 Å². The number of hydrogen-bond acceptors (Lipinski definition) is 6. The number of aromatic nitrogens is 3. The van der Waals surface area contributed by atoms with E-state index in [1.165, 1.54) is 12.8 Å². The van der Waals surface area contributed by atoms with Gasteiger partial charge in [0, 0.05) is 57.6 Å². The first kappa shape index (κ1) is 20.3. The summed E-state index contributed by atoms with van der Waals surface area (Å²) in [6, 6.07) is 0.627. The van der Waals surface area contributed by atoms with Crippen molar-refractivity contribution in [1.82, 2.24) is 29.9 Å². The summed E-state index contributed by atoms with van der Waals surface area (Å²) >= 11 is 0. The second-order valence-corrected chi connectivity index (χ2v) is 8.48. The first-order valence-corrected chi connectivity index (χ1v) is 10.9. The lowest BCUT2D eigenvalue weighted by atomic mass is 10.1. The maximum Gasteiger partial charge on any atom is 0.224 e. The van der Waals surface area contributed by atoms with Crippen LogP contribution >= 0.6 is 0 Å². The summed E-state index contributed by atoms with van der Waals surface area (Å²) in [5.41, 5.74) is 0. The molecule has 1 saturated carbocycles. The molecule has 2 amide bonds. The van der Waals surface area contributed by atoms with Crippen molar-refractivity contribution in [3.63, 3.8) is 0 Å². The Hall–Kier alpha value is -2.00. The zero-order valence-corrected chi connectivity index (χ0v) is 17.0. The molecule has 2 aliphatic heterocycles. The van der Waals surface area contributed by atoms with Gasteiger partial charge in [-0.1, -0.05) is 0 Å². The molecule has 1 N–H and O–H groups in total. The van der Waals surface area contributed by atoms with E-state index in [1.54, 1.807) is 12.7 Å². The number of hydrogen-bond donors (Lipinski definition) is 1. The highest BCUT2D eigenvalue weighted by molar-refractivity contribution is 5.77. The number of rotatable bonds is 9. The van der Waals surface area contributed by atoms with Gasteiger partial charge in [0.25, 0.3) is 0 Å². The van der Waals surface area contributed by atoms with Crippen LogP contribution < -0.4 is 5.32 Å². The molecule has 1 aliphatic carbocycles. The molecule has 3 aliphatic rings. The van der Waals surface area contributed by atoms with E-state index in [0.717, 1.165) is 25.3 Å². The average Bonchev–Trinajstić information content (AvgIpc) is 3.26. The standard InChI is InChI=1S/C20H32N6O3/c27-19(5-6-24-14-22-23-15-24)21-12-18-4-3-17(26(18)13-16-1-2-16)11-20(28)25-7-9-29-10-8-25/h14-18H,1-13H2,(H,21,27)/t17-,18+/m1/s1. The SMILES string of the molecule is O=C(CCn1cnnc1)NC[C@@H]1CC[C@H](CC(=O)N2CCOCC2)N1CC1CC1. The molecule has 1 aromatic heterocycles. The smallest absolute Gasteiger partial charge is 0.224 e. The Morgan fingerprint density at radius 1 is 1.03 bits per heavy atom. The van der Waals surface area contributed by atoms with Crippen molar-refractivity contribution >= 4 is 11.8 Å². The van der Waals surface area contributed by atoms with E-state index >= 15 is 0 Å². The van der Waals surface area contributed by atoms with Crippen LogP contribution in [0.15, 0.2) is 12.7 Å². The first-order valence-electron chi connectivity index (χ1n) is 10.9. The molecule has 3 fully saturated rings. The van der Waals surface area contributed by atoms with Crippen LogP contribution in [0.4, 0.5) is 0 Å². The first-order chi connectivity index (χ1) is 14.2. The van der Waals surface area contributed by atoms with Crippen LogP contribution in [0.25, 0.3) is 0 Å². The number of nitrogens with one attached hydrogen (secondary N) is 1. The summed E-state index contributed by atoms with van der Waals surface area (Å²) in [6.07, 6.45) is 8.91. The van der Waals surface area contributed by atoms with Gasteiger partial charge in [0.1, 0.15) is 12.7 Å². The van der Waals surface area contributed by atoms with Crippen molar-refractivity contribution in [1.29, 1.82) is 0 Å². The van der Waals surface area contributed by atoms with Gasteiger partial charge in [-0.3, -0.25) is 14.5 Å². The Morgan fingerprint density at radius 3 is 2.48 bits per heavy atom. The fourth-order valence-corrected chi connectivity index (χ4v) is 4.38. The Balaban J connectivity index is 1.26. The summed E-state index contributed by atoms with van der Waals surface area (Å²) in [4.78, 5) is 29.4. The van der Waals surface area contributed by atoms with Gasteiger partial charge in [-0.25, -0.2) is 0 Å². The lowest BCUT2D eigenvalue weighted by Crippen LogP contribution is -2.47. The average molecular weight is 405 g/mol. The molecule has 0 aromatic carbocycles. The van der Waals surface area contributed by atoms with E-state index in [1.807, 2.05) is 9.47 Å². The lowest BCUT2D eigenvalue weighted by Gasteiger charge is -2.33. The molecule has 0 bridgehead atoms. The Kier molecular flexibility index (Phi) is 6.76. The maximum atomic E-state index is 12.7. The largest absolute Gasteiger partial charge is 0.378 e. The number of likely N-dealkylation sites (tertiary alicyclic amines) is 1. The Bertz CT molecular complexity index is 672. The van der Waals surface area contributed by atoms with Crippen molar-refractivity contribution in [3.05, 3.63) is 12.7 Å². The number of morpholine rings is 1. The fourth-order valence-electron chi connectivity index (χ4n) is 4.38. The van der Waals surface area contributed by atoms with Crippen molar-refractivity contribution in [2.24, 2.45) is 5.92 Å². The van der Waals surface area contributed by atoms with Crippen molar-refractivity contribution in [2.45, 2.75) is 57.2 Å². The summed E-state index contributed by atoms with van der Waals surface area (Å²) in [7, 11) is 0. The van der Waals surface area contributed by atoms with Gasteiger partial charge in [0.15, 0.2) is 0 Å². The van der Waals surface area contributed by atoms with Gasteiger partial charge < -0.3 is 19.5 Å². The number of ether oxygens (including phenoxy) is 1. The van der Waals surface area contributed by atoms with Gasteiger partial charge in [-0.05, 0) is 31.6 Å². The molecule has 4 rings (SSSR count). The van der Waals surface area contributed by atoms with Crippen LogP contribution in [-0.4, -0.2) is 87.9 Å². The van der Waals surface area contributed by atoms with Gasteiger partial charge in [-0.2, -0.15) is 0 Å². The van der Waals surface area contributed by atoms with Crippen molar-refractivity contribution in [3.8, 4) is 0 Å². The maximum absolute atomic E-state index is 12.7. The molecule has 0 spiro atoms. The quantitative estimate of drug-likeness (QED) is 0.635. The summed E-state index contributed by atoms with van der Waals surface area (Å²) < 4.78 is 7.17. The van der Waals surface area contributed by atoms with Crippen LogP contribution in [0.5, 0.6) is 0 Å². The highest BCUT2D eigenvalue weighted by Crippen LogP contribution is 2.35. The number of amides is 2.